The molecular weight excluding hydrogens is 298 g/mol. The molecule has 0 radical (unpaired) electrons. The summed E-state index contributed by atoms with van der Waals surface area (Å²) in [6.07, 6.45) is 0.866. The molecule has 0 atom stereocenters. The van der Waals surface area contributed by atoms with Crippen molar-refractivity contribution in [3.05, 3.63) is 21.1 Å². The second-order valence-electron chi connectivity index (χ2n) is 2.98. The van der Waals surface area contributed by atoms with E-state index in [4.69, 9.17) is 0 Å². The maximum Gasteiger partial charge on any atom is 0.132 e. The van der Waals surface area contributed by atoms with Gasteiger partial charge in [0, 0.05) is 19.0 Å². The third-order valence-corrected chi connectivity index (χ3v) is 2.31. The molecule has 0 saturated heterocycles. The lowest BCUT2D eigenvalue weighted by atomic mass is 10.4. The molecular formula is C8H11Br2N3. The Labute approximate surface area is 94.8 Å². The Morgan fingerprint density at radius 3 is 2.23 bits per heavy atom. The lowest BCUT2D eigenvalue weighted by Crippen LogP contribution is -2.16. The number of rotatable bonds is 3. The van der Waals surface area contributed by atoms with Gasteiger partial charge in [-0.25, -0.2) is 9.97 Å². The molecule has 3 nitrogen and oxygen atoms in total. The first-order valence-electron chi connectivity index (χ1n) is 3.91. The fraction of sp³-hybridized carbons (Fsp3) is 0.500. The Hall–Kier alpha value is -0.0000000000000000555. The molecule has 0 aliphatic heterocycles. The van der Waals surface area contributed by atoms with E-state index in [1.807, 2.05) is 20.2 Å². The quantitative estimate of drug-likeness (QED) is 0.801. The van der Waals surface area contributed by atoms with Gasteiger partial charge < -0.3 is 4.90 Å². The third-order valence-electron chi connectivity index (χ3n) is 1.49. The van der Waals surface area contributed by atoms with Gasteiger partial charge in [-0.2, -0.15) is 0 Å². The van der Waals surface area contributed by atoms with Crippen LogP contribution < -0.4 is 0 Å². The van der Waals surface area contributed by atoms with Crippen LogP contribution in [0.25, 0.3) is 0 Å². The van der Waals surface area contributed by atoms with Crippen molar-refractivity contribution < 1.29 is 0 Å². The Kier molecular flexibility index (Phi) is 4.28. The first-order valence-corrected chi connectivity index (χ1v) is 5.50. The Morgan fingerprint density at radius 2 is 1.77 bits per heavy atom. The van der Waals surface area contributed by atoms with E-state index in [9.17, 15) is 0 Å². The highest BCUT2D eigenvalue weighted by molar-refractivity contribution is 9.11. The maximum absolute atomic E-state index is 4.25. The van der Waals surface area contributed by atoms with E-state index in [2.05, 4.69) is 46.7 Å². The molecule has 0 N–H and O–H groups in total. The van der Waals surface area contributed by atoms with Gasteiger partial charge in [-0.05, 0) is 46.0 Å². The molecule has 0 aliphatic rings. The van der Waals surface area contributed by atoms with Crippen LogP contribution in [0.2, 0.25) is 0 Å². The zero-order valence-electron chi connectivity index (χ0n) is 7.59. The minimum atomic E-state index is 0.822. The molecule has 0 bridgehead atoms. The van der Waals surface area contributed by atoms with Crippen molar-refractivity contribution in [1.29, 1.82) is 0 Å². The van der Waals surface area contributed by atoms with Crippen LogP contribution in [0.3, 0.4) is 0 Å². The summed E-state index contributed by atoms with van der Waals surface area (Å²) in [4.78, 5) is 10.6. The number of hydrogen-bond donors (Lipinski definition) is 0. The van der Waals surface area contributed by atoms with Gasteiger partial charge in [-0.15, -0.1) is 0 Å². The van der Waals surface area contributed by atoms with Gasteiger partial charge in [0.1, 0.15) is 15.0 Å². The summed E-state index contributed by atoms with van der Waals surface area (Å²) < 4.78 is 1.64. The van der Waals surface area contributed by atoms with Crippen molar-refractivity contribution in [2.75, 3.05) is 20.6 Å². The minimum absolute atomic E-state index is 0.822. The van der Waals surface area contributed by atoms with Crippen molar-refractivity contribution in [3.63, 3.8) is 0 Å². The van der Waals surface area contributed by atoms with Gasteiger partial charge >= 0.3 is 0 Å². The highest BCUT2D eigenvalue weighted by Gasteiger charge is 2.01. The average Bonchev–Trinajstić information content (AvgIpc) is 1.99. The summed E-state index contributed by atoms with van der Waals surface area (Å²) in [6, 6.07) is 1.83. The Balaban J connectivity index is 2.66. The van der Waals surface area contributed by atoms with E-state index >= 15 is 0 Å². The van der Waals surface area contributed by atoms with Crippen LogP contribution in [0.4, 0.5) is 0 Å². The lowest BCUT2D eigenvalue weighted by molar-refractivity contribution is 0.409. The zero-order chi connectivity index (χ0) is 9.84. The fourth-order valence-electron chi connectivity index (χ4n) is 0.870. The summed E-state index contributed by atoms with van der Waals surface area (Å²) in [5.74, 6) is 0.856. The van der Waals surface area contributed by atoms with E-state index in [1.165, 1.54) is 0 Å². The van der Waals surface area contributed by atoms with Crippen LogP contribution >= 0.6 is 31.9 Å². The highest BCUT2D eigenvalue weighted by atomic mass is 79.9. The molecule has 1 aromatic heterocycles. The predicted molar refractivity (Wildman–Crippen MR) is 59.7 cm³/mol. The standard InChI is InChI=1S/C8H11Br2N3/c1-13(2)4-3-8-11-6(9)5-7(10)12-8/h5H,3-4H2,1-2H3. The molecule has 1 aromatic rings. The molecule has 13 heavy (non-hydrogen) atoms. The summed E-state index contributed by atoms with van der Waals surface area (Å²) in [5, 5.41) is 0. The second-order valence-corrected chi connectivity index (χ2v) is 4.61. The molecule has 0 aliphatic carbocycles. The molecule has 5 heteroatoms. The highest BCUT2D eigenvalue weighted by Crippen LogP contribution is 2.13. The van der Waals surface area contributed by atoms with Crippen molar-refractivity contribution in [2.45, 2.75) is 6.42 Å². The number of aromatic nitrogens is 2. The fourth-order valence-corrected chi connectivity index (χ4v) is 2.02. The third kappa shape index (κ3) is 4.15. The van der Waals surface area contributed by atoms with E-state index in [-0.39, 0.29) is 0 Å². The minimum Gasteiger partial charge on any atom is -0.309 e. The van der Waals surface area contributed by atoms with Gasteiger partial charge in [0.15, 0.2) is 0 Å². The van der Waals surface area contributed by atoms with E-state index in [0.29, 0.717) is 0 Å². The van der Waals surface area contributed by atoms with Gasteiger partial charge in [0.2, 0.25) is 0 Å². The summed E-state index contributed by atoms with van der Waals surface area (Å²) >= 11 is 6.65. The zero-order valence-corrected chi connectivity index (χ0v) is 10.8. The largest absolute Gasteiger partial charge is 0.309 e. The van der Waals surface area contributed by atoms with Gasteiger partial charge in [-0.1, -0.05) is 0 Å². The molecule has 0 aromatic carbocycles. The van der Waals surface area contributed by atoms with Crippen molar-refractivity contribution in [1.82, 2.24) is 14.9 Å². The van der Waals surface area contributed by atoms with Crippen LogP contribution in [-0.2, 0) is 6.42 Å². The molecule has 0 fully saturated rings. The van der Waals surface area contributed by atoms with E-state index in [0.717, 1.165) is 28.0 Å². The molecule has 0 unspecified atom stereocenters. The van der Waals surface area contributed by atoms with Gasteiger partial charge in [-0.3, -0.25) is 0 Å². The van der Waals surface area contributed by atoms with Crippen molar-refractivity contribution in [3.8, 4) is 0 Å². The summed E-state index contributed by atoms with van der Waals surface area (Å²) in [7, 11) is 4.07. The first-order chi connectivity index (χ1) is 6.08. The number of hydrogen-bond acceptors (Lipinski definition) is 3. The SMILES string of the molecule is CN(C)CCc1nc(Br)cc(Br)n1. The number of nitrogens with zero attached hydrogens (tertiary/aromatic N) is 3. The first kappa shape index (κ1) is 11.1. The van der Waals surface area contributed by atoms with Gasteiger partial charge in [0.25, 0.3) is 0 Å². The number of likely N-dealkylation sites (N-methyl/N-ethyl adjacent to an activating group) is 1. The summed E-state index contributed by atoms with van der Waals surface area (Å²) in [5.41, 5.74) is 0. The molecule has 0 amide bonds. The van der Waals surface area contributed by atoms with Gasteiger partial charge in [0.05, 0.1) is 0 Å². The van der Waals surface area contributed by atoms with E-state index < -0.39 is 0 Å². The Morgan fingerprint density at radius 1 is 1.23 bits per heavy atom. The molecule has 1 rings (SSSR count). The van der Waals surface area contributed by atoms with Crippen LogP contribution in [-0.4, -0.2) is 35.5 Å². The van der Waals surface area contributed by atoms with Crippen LogP contribution in [0.1, 0.15) is 5.82 Å². The van der Waals surface area contributed by atoms with Crippen molar-refractivity contribution in [2.24, 2.45) is 0 Å². The molecule has 0 spiro atoms. The summed E-state index contributed by atoms with van der Waals surface area (Å²) in [6.45, 7) is 0.961. The van der Waals surface area contributed by atoms with Crippen LogP contribution in [0.5, 0.6) is 0 Å². The normalized spacial score (nSPS) is 10.8. The maximum atomic E-state index is 4.25. The Bertz CT molecular complexity index is 268. The molecule has 1 heterocycles. The predicted octanol–water partition coefficient (Wildman–Crippen LogP) is 2.11. The van der Waals surface area contributed by atoms with E-state index in [1.54, 1.807) is 0 Å². The number of halogens is 2. The average molecular weight is 309 g/mol. The smallest absolute Gasteiger partial charge is 0.132 e. The second kappa shape index (κ2) is 5.02. The van der Waals surface area contributed by atoms with Crippen molar-refractivity contribution >= 4 is 31.9 Å². The van der Waals surface area contributed by atoms with Crippen LogP contribution in [0, 0.1) is 0 Å². The topological polar surface area (TPSA) is 29.0 Å². The lowest BCUT2D eigenvalue weighted by Gasteiger charge is -2.08. The molecule has 0 saturated carbocycles. The molecule has 72 valence electrons. The van der Waals surface area contributed by atoms with Crippen LogP contribution in [0.15, 0.2) is 15.3 Å². The monoisotopic (exact) mass is 307 g/mol.